The largest absolute Gasteiger partial charge is 0.460 e. The van der Waals surface area contributed by atoms with Gasteiger partial charge in [-0.05, 0) is 37.0 Å². The van der Waals surface area contributed by atoms with Crippen LogP contribution < -0.4 is 0 Å². The third kappa shape index (κ3) is 6.69. The van der Waals surface area contributed by atoms with Crippen LogP contribution in [0.4, 0.5) is 70.2 Å². The fourth-order valence-corrected chi connectivity index (χ4v) is 3.30. The number of benzene rings is 1. The molecule has 1 aromatic rings. The molecule has 0 bridgehead atoms. The predicted molar refractivity (Wildman–Crippen MR) is 96.9 cm³/mol. The molecule has 0 aliphatic heterocycles. The molecule has 0 aliphatic carbocycles. The second-order valence-corrected chi connectivity index (χ2v) is 9.26. The Kier molecular flexibility index (Phi) is 9.86. The molecule has 0 unspecified atom stereocenters. The van der Waals surface area contributed by atoms with Gasteiger partial charge in [-0.3, -0.25) is 4.55 Å². The van der Waals surface area contributed by atoms with Gasteiger partial charge in [-0.2, -0.15) is 74.3 Å². The van der Waals surface area contributed by atoms with Crippen molar-refractivity contribution in [1.82, 2.24) is 0 Å². The van der Waals surface area contributed by atoms with E-state index in [-0.39, 0.29) is 5.56 Å². The van der Waals surface area contributed by atoms with Gasteiger partial charge < -0.3 is 4.74 Å². The van der Waals surface area contributed by atoms with Crippen molar-refractivity contribution in [3.63, 3.8) is 0 Å². The first-order chi connectivity index (χ1) is 17.5. The number of ether oxygens (including phenoxy) is 2. The molecule has 0 saturated carbocycles. The maximum absolute atomic E-state index is 14.3. The third-order valence-corrected chi connectivity index (χ3v) is 5.79. The van der Waals surface area contributed by atoms with E-state index in [0.29, 0.717) is 6.07 Å². The molecule has 40 heavy (non-hydrogen) atoms. The SMILES string of the molecule is Cc1ccc(S(=O)(=O)O)c(F)c1CCCOCC(F)(F)C(F)(F)C(F)(F)OC(F)(F)C(F)(F)C(F)(F)C(F)(F)F. The fraction of sp³-hybridized carbons (Fsp3) is 0.667. The van der Waals surface area contributed by atoms with E-state index in [2.05, 4.69) is 4.74 Å². The Bertz CT molecular complexity index is 1160. The topological polar surface area (TPSA) is 72.8 Å². The van der Waals surface area contributed by atoms with Crippen molar-refractivity contribution in [1.29, 1.82) is 0 Å². The Morgan fingerprint density at radius 1 is 0.775 bits per heavy atom. The van der Waals surface area contributed by atoms with Gasteiger partial charge in [-0.25, -0.2) is 9.13 Å². The summed E-state index contributed by atoms with van der Waals surface area (Å²) in [6.07, 6.45) is -24.1. The summed E-state index contributed by atoms with van der Waals surface area (Å²) >= 11 is 0. The van der Waals surface area contributed by atoms with Crippen molar-refractivity contribution in [2.24, 2.45) is 0 Å². The lowest BCUT2D eigenvalue weighted by Gasteiger charge is -2.37. The summed E-state index contributed by atoms with van der Waals surface area (Å²) in [6, 6.07) is 1.64. The van der Waals surface area contributed by atoms with E-state index in [1.807, 2.05) is 0 Å². The van der Waals surface area contributed by atoms with Crippen molar-refractivity contribution in [2.45, 2.75) is 66.7 Å². The average Bonchev–Trinajstić information content (AvgIpc) is 2.72. The first-order valence-electron chi connectivity index (χ1n) is 9.85. The molecule has 0 aliphatic rings. The highest BCUT2D eigenvalue weighted by Crippen LogP contribution is 2.56. The minimum atomic E-state index is -8.00. The van der Waals surface area contributed by atoms with Gasteiger partial charge in [0.15, 0.2) is 0 Å². The highest BCUT2D eigenvalue weighted by molar-refractivity contribution is 7.85. The van der Waals surface area contributed by atoms with Gasteiger partial charge in [0.25, 0.3) is 10.1 Å². The summed E-state index contributed by atoms with van der Waals surface area (Å²) in [5, 5.41) is 0. The molecule has 0 aromatic heterocycles. The van der Waals surface area contributed by atoms with E-state index in [9.17, 15) is 78.7 Å². The summed E-state index contributed by atoms with van der Waals surface area (Å²) in [5.41, 5.74) is -0.443. The van der Waals surface area contributed by atoms with Gasteiger partial charge in [0, 0.05) is 6.61 Å². The maximum Gasteiger partial charge on any atom is 0.460 e. The normalized spacial score (nSPS) is 15.1. The quantitative estimate of drug-likeness (QED) is 0.148. The molecule has 22 heteroatoms. The zero-order chi connectivity index (χ0) is 32.0. The van der Waals surface area contributed by atoms with Crippen molar-refractivity contribution in [3.05, 3.63) is 29.1 Å². The summed E-state index contributed by atoms with van der Waals surface area (Å²) < 4.78 is 246. The van der Waals surface area contributed by atoms with E-state index in [1.54, 1.807) is 0 Å². The molecule has 1 rings (SSSR count). The van der Waals surface area contributed by atoms with E-state index in [0.717, 1.165) is 6.07 Å². The maximum atomic E-state index is 14.3. The van der Waals surface area contributed by atoms with Crippen LogP contribution in [0.5, 0.6) is 0 Å². The van der Waals surface area contributed by atoms with Crippen LogP contribution in [0.2, 0.25) is 0 Å². The Hall–Kier alpha value is -2.07. The zero-order valence-corrected chi connectivity index (χ0v) is 19.8. The highest BCUT2D eigenvalue weighted by atomic mass is 32.2. The molecule has 0 radical (unpaired) electrons. The lowest BCUT2D eigenvalue weighted by atomic mass is 10.0. The van der Waals surface area contributed by atoms with Gasteiger partial charge >= 0.3 is 42.1 Å². The van der Waals surface area contributed by atoms with Crippen molar-refractivity contribution >= 4 is 10.1 Å². The van der Waals surface area contributed by atoms with Crippen LogP contribution in [0, 0.1) is 12.7 Å². The highest BCUT2D eigenvalue weighted by Gasteiger charge is 2.86. The number of aryl methyl sites for hydroxylation is 1. The van der Waals surface area contributed by atoms with Gasteiger partial charge in [0.2, 0.25) is 0 Å². The van der Waals surface area contributed by atoms with Crippen LogP contribution >= 0.6 is 0 Å². The van der Waals surface area contributed by atoms with Crippen LogP contribution in [0.3, 0.4) is 0 Å². The molecule has 234 valence electrons. The second kappa shape index (κ2) is 11.0. The summed E-state index contributed by atoms with van der Waals surface area (Å²) in [7, 11) is -5.06. The number of hydrogen-bond donors (Lipinski definition) is 1. The van der Waals surface area contributed by atoms with Gasteiger partial charge in [-0.15, -0.1) is 0 Å². The molecule has 5 nitrogen and oxygen atoms in total. The summed E-state index contributed by atoms with van der Waals surface area (Å²) in [5.74, 6) is -31.0. The molecule has 1 N–H and O–H groups in total. The van der Waals surface area contributed by atoms with Gasteiger partial charge in [0.05, 0.1) is 0 Å². The van der Waals surface area contributed by atoms with Crippen LogP contribution in [-0.2, 0) is 26.0 Å². The van der Waals surface area contributed by atoms with Crippen LogP contribution in [-0.4, -0.2) is 68.3 Å². The van der Waals surface area contributed by atoms with E-state index in [4.69, 9.17) is 4.55 Å². The second-order valence-electron chi connectivity index (χ2n) is 7.87. The molecular formula is C18H14F16O5S. The van der Waals surface area contributed by atoms with Crippen molar-refractivity contribution in [2.75, 3.05) is 13.2 Å². The van der Waals surface area contributed by atoms with Crippen molar-refractivity contribution in [3.8, 4) is 0 Å². The number of hydrogen-bond acceptors (Lipinski definition) is 4. The van der Waals surface area contributed by atoms with E-state index in [1.165, 1.54) is 11.7 Å². The first-order valence-corrected chi connectivity index (χ1v) is 11.3. The molecule has 1 aromatic carbocycles. The Labute approximate surface area is 212 Å². The van der Waals surface area contributed by atoms with Crippen LogP contribution in [0.1, 0.15) is 17.5 Å². The van der Waals surface area contributed by atoms with Crippen molar-refractivity contribution < 1.29 is 92.7 Å². The number of halogens is 16. The minimum absolute atomic E-state index is 0.0207. The zero-order valence-electron chi connectivity index (χ0n) is 19.0. The van der Waals surface area contributed by atoms with Gasteiger partial charge in [-0.1, -0.05) is 6.07 Å². The lowest BCUT2D eigenvalue weighted by Crippen LogP contribution is -2.66. The van der Waals surface area contributed by atoms with E-state index < -0.39 is 94.5 Å². The fourth-order valence-electron chi connectivity index (χ4n) is 2.71. The minimum Gasteiger partial charge on any atom is -0.375 e. The predicted octanol–water partition coefficient (Wildman–Crippen LogP) is 6.64. The first kappa shape index (κ1) is 36.0. The Morgan fingerprint density at radius 3 is 1.70 bits per heavy atom. The average molecular weight is 646 g/mol. The summed E-state index contributed by atoms with van der Waals surface area (Å²) in [4.78, 5) is -1.21. The molecule has 0 amide bonds. The molecular weight excluding hydrogens is 632 g/mol. The van der Waals surface area contributed by atoms with Gasteiger partial charge in [0.1, 0.15) is 17.3 Å². The number of alkyl halides is 15. The standard InChI is InChI=1S/C18H14F16O5S/c1-8-4-5-10(40(35,36)37)11(19)9(8)3-2-6-38-7-12(20,21)13(22,23)17(31,32)39-18(33,34)15(26,27)14(24,25)16(28,29)30/h4-5H,2-3,6-7H2,1H3,(H,35,36,37). The monoisotopic (exact) mass is 646 g/mol. The van der Waals surface area contributed by atoms with E-state index >= 15 is 0 Å². The third-order valence-electron chi connectivity index (χ3n) is 4.92. The Balaban J connectivity index is 3.00. The van der Waals surface area contributed by atoms with Crippen LogP contribution in [0.25, 0.3) is 0 Å². The number of rotatable bonds is 13. The molecule has 0 atom stereocenters. The summed E-state index contributed by atoms with van der Waals surface area (Å²) in [6.45, 7) is -2.79. The smallest absolute Gasteiger partial charge is 0.375 e. The molecule has 0 spiro atoms. The molecule has 0 saturated heterocycles. The molecule has 0 heterocycles. The molecule has 0 fully saturated rings. The lowest BCUT2D eigenvalue weighted by molar-refractivity contribution is -0.513. The Morgan fingerprint density at radius 2 is 1.25 bits per heavy atom. The van der Waals surface area contributed by atoms with Crippen LogP contribution in [0.15, 0.2) is 17.0 Å².